The van der Waals surface area contributed by atoms with Crippen molar-refractivity contribution in [2.75, 3.05) is 0 Å². The van der Waals surface area contributed by atoms with E-state index in [-0.39, 0.29) is 11.0 Å². The molecule has 0 heterocycles. The number of hydrogen-bond acceptors (Lipinski definition) is 0. The Morgan fingerprint density at radius 2 is 1.00 bits per heavy atom. The van der Waals surface area contributed by atoms with Crippen molar-refractivity contribution >= 4 is 9.30 Å². The molecule has 0 fully saturated rings. The van der Waals surface area contributed by atoms with Crippen molar-refractivity contribution in [1.29, 1.82) is 0 Å². The number of hydrogen-bond donors (Lipinski definition) is 0. The predicted octanol–water partition coefficient (Wildman–Crippen LogP) is -0.962. The Morgan fingerprint density at radius 1 is 1.00 bits per heavy atom. The standard InChI is InChI=1S/ClH.2H2O.Ti/h1H;2*1H2;/q;;;+1/p-1. The van der Waals surface area contributed by atoms with Crippen LogP contribution in [0.3, 0.4) is 0 Å². The Morgan fingerprint density at radius 3 is 1.00 bits per heavy atom. The van der Waals surface area contributed by atoms with Crippen LogP contribution in [0.25, 0.3) is 0 Å². The van der Waals surface area contributed by atoms with Gasteiger partial charge in [0.25, 0.3) is 0 Å². The van der Waals surface area contributed by atoms with Crippen LogP contribution < -0.4 is 0 Å². The van der Waals surface area contributed by atoms with Crippen LogP contribution in [0.4, 0.5) is 0 Å². The predicted molar refractivity (Wildman–Crippen MR) is 13.1 cm³/mol. The average Bonchev–Trinajstić information content (AvgIpc) is 1.00. The van der Waals surface area contributed by atoms with Crippen molar-refractivity contribution in [3.05, 3.63) is 0 Å². The first kappa shape index (κ1) is 20.5. The van der Waals surface area contributed by atoms with Gasteiger partial charge in [0.2, 0.25) is 0 Å². The summed E-state index contributed by atoms with van der Waals surface area (Å²) in [6.07, 6.45) is 0. The molecule has 2 nitrogen and oxygen atoms in total. The third-order valence-corrected chi connectivity index (χ3v) is 0. The molecule has 0 aliphatic rings. The van der Waals surface area contributed by atoms with Gasteiger partial charge in [0, 0.05) is 0 Å². The molecule has 0 bridgehead atoms. The molecule has 4 N–H and O–H groups in total. The van der Waals surface area contributed by atoms with E-state index in [1.165, 1.54) is 19.4 Å². The molecule has 0 amide bonds. The number of rotatable bonds is 0. The van der Waals surface area contributed by atoms with Crippen LogP contribution in [-0.4, -0.2) is 11.0 Å². The molecule has 0 aromatic rings. The van der Waals surface area contributed by atoms with E-state index in [0.717, 1.165) is 0 Å². The van der Waals surface area contributed by atoms with E-state index in [4.69, 9.17) is 0 Å². The van der Waals surface area contributed by atoms with Crippen LogP contribution in [0.1, 0.15) is 0 Å². The molecule has 0 spiro atoms. The second kappa shape index (κ2) is 39.3. The molecule has 27 valence electrons. The minimum atomic E-state index is 0. The molecule has 4 heteroatoms. The van der Waals surface area contributed by atoms with E-state index in [2.05, 4.69) is 9.30 Å². The van der Waals surface area contributed by atoms with Gasteiger partial charge in [0.1, 0.15) is 0 Å². The molecule has 0 aromatic heterocycles. The summed E-state index contributed by atoms with van der Waals surface area (Å²) >= 11 is 1.47. The van der Waals surface area contributed by atoms with Crippen molar-refractivity contribution in [2.45, 2.75) is 0 Å². The Labute approximate surface area is 40.0 Å². The summed E-state index contributed by atoms with van der Waals surface area (Å²) < 4.78 is 0. The first-order valence-electron chi connectivity index (χ1n) is 0.189. The molecular weight excluding hydrogens is 115 g/mol. The molecule has 0 saturated heterocycles. The van der Waals surface area contributed by atoms with E-state index < -0.39 is 0 Å². The molecule has 0 radical (unpaired) electrons. The van der Waals surface area contributed by atoms with Gasteiger partial charge in [-0.2, -0.15) is 0 Å². The van der Waals surface area contributed by atoms with E-state index in [1.807, 2.05) is 0 Å². The van der Waals surface area contributed by atoms with Crippen molar-refractivity contribution in [3.8, 4) is 0 Å². The molecule has 4 heavy (non-hydrogen) atoms. The molecule has 0 rings (SSSR count). The maximum atomic E-state index is 4.64. The summed E-state index contributed by atoms with van der Waals surface area (Å²) in [4.78, 5) is 0. The Hall–Kier alpha value is 0.924. The quantitative estimate of drug-likeness (QED) is 0.369. The SMILES string of the molecule is O.O.[Cl][Ti]. The van der Waals surface area contributed by atoms with Crippen molar-refractivity contribution in [3.63, 3.8) is 0 Å². The summed E-state index contributed by atoms with van der Waals surface area (Å²) in [5, 5.41) is 0. The fourth-order valence-electron chi connectivity index (χ4n) is 0. The Bertz CT molecular complexity index is 6.00. The van der Waals surface area contributed by atoms with Crippen LogP contribution in [0.2, 0.25) is 0 Å². The molecule has 0 saturated carbocycles. The van der Waals surface area contributed by atoms with Gasteiger partial charge in [-0.05, 0) is 0 Å². The fourth-order valence-corrected chi connectivity index (χ4v) is 0. The summed E-state index contributed by atoms with van der Waals surface area (Å²) in [6, 6.07) is 0. The van der Waals surface area contributed by atoms with Gasteiger partial charge in [-0.25, -0.2) is 0 Å². The summed E-state index contributed by atoms with van der Waals surface area (Å²) in [6.45, 7) is 0. The van der Waals surface area contributed by atoms with Crippen LogP contribution in [0, 0.1) is 0 Å². The average molecular weight is 119 g/mol. The minimum absolute atomic E-state index is 0. The monoisotopic (exact) mass is 119 g/mol. The van der Waals surface area contributed by atoms with Gasteiger partial charge in [-0.15, -0.1) is 0 Å². The number of halogens is 1. The molecule has 0 atom stereocenters. The normalized spacial score (nSPS) is 1.00. The van der Waals surface area contributed by atoms with Gasteiger partial charge in [0.05, 0.1) is 0 Å². The van der Waals surface area contributed by atoms with E-state index >= 15 is 0 Å². The van der Waals surface area contributed by atoms with Crippen LogP contribution in [0.15, 0.2) is 0 Å². The molecule has 0 aromatic carbocycles. The topological polar surface area (TPSA) is 63.0 Å². The van der Waals surface area contributed by atoms with Crippen LogP contribution >= 0.6 is 9.30 Å². The molecule has 0 aliphatic carbocycles. The second-order valence-corrected chi connectivity index (χ2v) is 0. The van der Waals surface area contributed by atoms with Gasteiger partial charge in [-0.1, -0.05) is 0 Å². The summed E-state index contributed by atoms with van der Waals surface area (Å²) in [5.41, 5.74) is 0. The third-order valence-electron chi connectivity index (χ3n) is 0. The molecule has 0 unspecified atom stereocenters. The Balaban J connectivity index is -0.00000000500. The maximum absolute atomic E-state index is 4.64. The van der Waals surface area contributed by atoms with Gasteiger partial charge in [-0.3, -0.25) is 0 Å². The zero-order valence-corrected chi connectivity index (χ0v) is 4.20. The van der Waals surface area contributed by atoms with E-state index in [1.54, 1.807) is 0 Å². The third kappa shape index (κ3) is 12.7. The molecule has 0 aliphatic heterocycles. The van der Waals surface area contributed by atoms with Crippen molar-refractivity contribution in [1.82, 2.24) is 0 Å². The van der Waals surface area contributed by atoms with Gasteiger partial charge >= 0.3 is 28.7 Å². The first-order chi connectivity index (χ1) is 1.00. The van der Waals surface area contributed by atoms with Crippen molar-refractivity contribution in [2.24, 2.45) is 0 Å². The van der Waals surface area contributed by atoms with E-state index in [9.17, 15) is 0 Å². The zero-order valence-electron chi connectivity index (χ0n) is 1.88. The van der Waals surface area contributed by atoms with Gasteiger partial charge in [0.15, 0.2) is 0 Å². The second-order valence-electron chi connectivity index (χ2n) is 0. The summed E-state index contributed by atoms with van der Waals surface area (Å²) in [5.74, 6) is 0. The van der Waals surface area contributed by atoms with Crippen molar-refractivity contribution < 1.29 is 30.3 Å². The Kier molecular flexibility index (Phi) is 201. The molecular formula is H4ClO2Ti. The van der Waals surface area contributed by atoms with Gasteiger partial charge < -0.3 is 11.0 Å². The summed E-state index contributed by atoms with van der Waals surface area (Å²) in [7, 11) is 4.64. The van der Waals surface area contributed by atoms with Crippen LogP contribution in [-0.2, 0) is 19.4 Å². The van der Waals surface area contributed by atoms with Crippen LogP contribution in [0.5, 0.6) is 0 Å². The fraction of sp³-hybridized carbons (Fsp3) is 0. The first-order valence-corrected chi connectivity index (χ1v) is 2.34. The van der Waals surface area contributed by atoms with E-state index in [0.29, 0.717) is 0 Å². The zero-order chi connectivity index (χ0) is 2.00.